The summed E-state index contributed by atoms with van der Waals surface area (Å²) in [5, 5.41) is 2.60. The summed E-state index contributed by atoms with van der Waals surface area (Å²) < 4.78 is 22.6. The lowest BCUT2D eigenvalue weighted by Crippen LogP contribution is -2.26. The van der Waals surface area contributed by atoms with Crippen molar-refractivity contribution in [2.24, 2.45) is 0 Å². The minimum atomic E-state index is -0.414. The molecule has 190 valence electrons. The number of anilines is 1. The molecule has 1 aliphatic rings. The van der Waals surface area contributed by atoms with Crippen LogP contribution in [-0.2, 0) is 4.79 Å². The number of benzene rings is 3. The molecule has 8 heteroatoms. The summed E-state index contributed by atoms with van der Waals surface area (Å²) in [7, 11) is 5.34. The molecule has 0 spiro atoms. The molecule has 1 atom stereocenters. The van der Waals surface area contributed by atoms with Gasteiger partial charge in [0, 0.05) is 23.5 Å². The van der Waals surface area contributed by atoms with Crippen LogP contribution in [0.3, 0.4) is 0 Å². The van der Waals surface area contributed by atoms with E-state index >= 15 is 0 Å². The third-order valence-corrected chi connectivity index (χ3v) is 7.18. The largest absolute Gasteiger partial charge is 0.497 e. The zero-order valence-electron chi connectivity index (χ0n) is 20.9. The van der Waals surface area contributed by atoms with E-state index in [-0.39, 0.29) is 5.91 Å². The van der Waals surface area contributed by atoms with Crippen molar-refractivity contribution >= 4 is 23.4 Å². The first kappa shape index (κ1) is 25.7. The van der Waals surface area contributed by atoms with Crippen molar-refractivity contribution in [1.29, 1.82) is 0 Å². The Morgan fingerprint density at radius 1 is 0.861 bits per heavy atom. The van der Waals surface area contributed by atoms with E-state index in [1.54, 1.807) is 14.2 Å². The van der Waals surface area contributed by atoms with Crippen molar-refractivity contribution in [3.63, 3.8) is 0 Å². The Morgan fingerprint density at radius 2 is 1.58 bits per heavy atom. The standard InChI is InChI=1S/C28H32N2O5S/c1-30(16-18-34-21-11-9-20(32-2)10-12-21)15-6-17-35-25-14-13-22(33-3)19-23(25)27-28(31)29-24-7-4-5-8-26(24)36-27/h4-5,7-14,19,27H,6,15-18H2,1-3H3,(H,29,31). The maximum atomic E-state index is 12.9. The van der Waals surface area contributed by atoms with Crippen LogP contribution in [0.2, 0.25) is 0 Å². The van der Waals surface area contributed by atoms with E-state index in [4.69, 9.17) is 18.9 Å². The number of fused-ring (bicyclic) bond motifs is 1. The molecule has 0 aromatic heterocycles. The number of para-hydroxylation sites is 1. The van der Waals surface area contributed by atoms with Crippen LogP contribution in [0.25, 0.3) is 0 Å². The van der Waals surface area contributed by atoms with Gasteiger partial charge in [0.25, 0.3) is 0 Å². The van der Waals surface area contributed by atoms with Crippen molar-refractivity contribution in [3.05, 3.63) is 72.3 Å². The van der Waals surface area contributed by atoms with Crippen molar-refractivity contribution in [3.8, 4) is 23.0 Å². The lowest BCUT2D eigenvalue weighted by atomic mass is 10.1. The van der Waals surface area contributed by atoms with E-state index in [2.05, 4.69) is 17.3 Å². The minimum absolute atomic E-state index is 0.0617. The van der Waals surface area contributed by atoms with Gasteiger partial charge in [-0.25, -0.2) is 0 Å². The van der Waals surface area contributed by atoms with Gasteiger partial charge < -0.3 is 29.2 Å². The molecule has 1 heterocycles. The number of amides is 1. The average molecular weight is 509 g/mol. The average Bonchev–Trinajstić information content (AvgIpc) is 2.91. The van der Waals surface area contributed by atoms with Gasteiger partial charge in [0.2, 0.25) is 5.91 Å². The predicted molar refractivity (Wildman–Crippen MR) is 143 cm³/mol. The second-order valence-electron chi connectivity index (χ2n) is 8.42. The lowest BCUT2D eigenvalue weighted by Gasteiger charge is -2.26. The van der Waals surface area contributed by atoms with Crippen LogP contribution in [0.15, 0.2) is 71.6 Å². The first-order valence-electron chi connectivity index (χ1n) is 11.9. The Bertz CT molecular complexity index is 1150. The Labute approximate surface area is 216 Å². The van der Waals surface area contributed by atoms with Gasteiger partial charge in [0.15, 0.2) is 0 Å². The zero-order chi connectivity index (χ0) is 25.3. The van der Waals surface area contributed by atoms with Gasteiger partial charge in [-0.05, 0) is 68.1 Å². The summed E-state index contributed by atoms with van der Waals surface area (Å²) in [6.07, 6.45) is 0.845. The highest BCUT2D eigenvalue weighted by molar-refractivity contribution is 8.00. The number of carbonyl (C=O) groups is 1. The fourth-order valence-corrected chi connectivity index (χ4v) is 5.00. The van der Waals surface area contributed by atoms with E-state index in [1.165, 1.54) is 11.8 Å². The molecule has 1 unspecified atom stereocenters. The van der Waals surface area contributed by atoms with Gasteiger partial charge >= 0.3 is 0 Å². The number of ether oxygens (including phenoxy) is 4. The predicted octanol–water partition coefficient (Wildman–Crippen LogP) is 5.27. The Balaban J connectivity index is 1.28. The summed E-state index contributed by atoms with van der Waals surface area (Å²) in [4.78, 5) is 16.2. The molecule has 3 aromatic carbocycles. The zero-order valence-corrected chi connectivity index (χ0v) is 21.7. The number of hydrogen-bond acceptors (Lipinski definition) is 7. The summed E-state index contributed by atoms with van der Waals surface area (Å²) in [6, 6.07) is 21.0. The molecule has 0 saturated heterocycles. The summed E-state index contributed by atoms with van der Waals surface area (Å²) in [6.45, 7) is 2.81. The molecule has 0 aliphatic carbocycles. The van der Waals surface area contributed by atoms with Crippen LogP contribution in [0.5, 0.6) is 23.0 Å². The molecule has 36 heavy (non-hydrogen) atoms. The number of carbonyl (C=O) groups excluding carboxylic acids is 1. The fraction of sp³-hybridized carbons (Fsp3) is 0.321. The molecule has 7 nitrogen and oxygen atoms in total. The number of hydrogen-bond donors (Lipinski definition) is 1. The molecular formula is C28H32N2O5S. The van der Waals surface area contributed by atoms with Gasteiger partial charge in [-0.15, -0.1) is 11.8 Å². The van der Waals surface area contributed by atoms with Gasteiger partial charge in [-0.2, -0.15) is 0 Å². The number of methoxy groups -OCH3 is 2. The van der Waals surface area contributed by atoms with Gasteiger partial charge in [-0.3, -0.25) is 4.79 Å². The SMILES string of the molecule is COc1ccc(OCCN(C)CCCOc2ccc(OC)cc2C2Sc3ccccc3NC2=O)cc1. The lowest BCUT2D eigenvalue weighted by molar-refractivity contribution is -0.115. The van der Waals surface area contributed by atoms with E-state index < -0.39 is 5.25 Å². The molecule has 4 rings (SSSR count). The Kier molecular flexibility index (Phi) is 8.97. The number of rotatable bonds is 12. The number of nitrogens with one attached hydrogen (secondary N) is 1. The molecule has 3 aromatic rings. The third-order valence-electron chi connectivity index (χ3n) is 5.87. The summed E-state index contributed by atoms with van der Waals surface area (Å²) >= 11 is 1.53. The number of nitrogens with zero attached hydrogens (tertiary/aromatic N) is 1. The van der Waals surface area contributed by atoms with Gasteiger partial charge in [0.1, 0.15) is 34.9 Å². The highest BCUT2D eigenvalue weighted by Gasteiger charge is 2.31. The normalized spacial score (nSPS) is 14.7. The molecule has 0 saturated carbocycles. The summed E-state index contributed by atoms with van der Waals surface area (Å²) in [5.74, 6) is 2.97. The van der Waals surface area contributed by atoms with E-state index in [0.717, 1.165) is 47.2 Å². The maximum Gasteiger partial charge on any atom is 0.242 e. The van der Waals surface area contributed by atoms with E-state index in [0.29, 0.717) is 24.7 Å². The van der Waals surface area contributed by atoms with Crippen LogP contribution in [0.1, 0.15) is 17.2 Å². The topological polar surface area (TPSA) is 69.3 Å². The van der Waals surface area contributed by atoms with Crippen LogP contribution in [0, 0.1) is 0 Å². The highest BCUT2D eigenvalue weighted by Crippen LogP contribution is 2.46. The Hall–Kier alpha value is -3.36. The monoisotopic (exact) mass is 508 g/mol. The number of likely N-dealkylation sites (N-methyl/N-ethyl adjacent to an activating group) is 1. The van der Waals surface area contributed by atoms with Crippen LogP contribution >= 0.6 is 11.8 Å². The van der Waals surface area contributed by atoms with Crippen molar-refractivity contribution < 1.29 is 23.7 Å². The second kappa shape index (κ2) is 12.6. The highest BCUT2D eigenvalue weighted by atomic mass is 32.2. The van der Waals surface area contributed by atoms with Gasteiger partial charge in [0.05, 0.1) is 26.5 Å². The van der Waals surface area contributed by atoms with Crippen LogP contribution < -0.4 is 24.3 Å². The first-order valence-corrected chi connectivity index (χ1v) is 12.8. The molecular weight excluding hydrogens is 476 g/mol. The smallest absolute Gasteiger partial charge is 0.242 e. The van der Waals surface area contributed by atoms with E-state index in [9.17, 15) is 4.79 Å². The quantitative estimate of drug-likeness (QED) is 0.334. The van der Waals surface area contributed by atoms with Gasteiger partial charge in [-0.1, -0.05) is 12.1 Å². The van der Waals surface area contributed by atoms with Crippen LogP contribution in [0.4, 0.5) is 5.69 Å². The molecule has 1 aliphatic heterocycles. The van der Waals surface area contributed by atoms with Crippen molar-refractivity contribution in [1.82, 2.24) is 4.90 Å². The molecule has 1 N–H and O–H groups in total. The van der Waals surface area contributed by atoms with Crippen LogP contribution in [-0.4, -0.2) is 58.4 Å². The fourth-order valence-electron chi connectivity index (χ4n) is 3.87. The molecule has 0 fully saturated rings. The van der Waals surface area contributed by atoms with Crippen molar-refractivity contribution in [2.45, 2.75) is 16.6 Å². The summed E-state index contributed by atoms with van der Waals surface area (Å²) in [5.41, 5.74) is 1.65. The second-order valence-corrected chi connectivity index (χ2v) is 9.56. The molecule has 1 amide bonds. The Morgan fingerprint density at radius 3 is 2.36 bits per heavy atom. The minimum Gasteiger partial charge on any atom is -0.497 e. The third kappa shape index (κ3) is 6.65. The van der Waals surface area contributed by atoms with Crippen molar-refractivity contribution in [2.75, 3.05) is 52.9 Å². The molecule has 0 radical (unpaired) electrons. The van der Waals surface area contributed by atoms with E-state index in [1.807, 2.05) is 66.7 Å². The maximum absolute atomic E-state index is 12.9. The first-order chi connectivity index (χ1) is 17.6. The molecule has 0 bridgehead atoms. The number of thioether (sulfide) groups is 1.